The Labute approximate surface area is 133 Å². The summed E-state index contributed by atoms with van der Waals surface area (Å²) in [5.41, 5.74) is 1.95. The topological polar surface area (TPSA) is 58.6 Å². The monoisotopic (exact) mass is 307 g/mol. The molecule has 1 rings (SSSR count). The van der Waals surface area contributed by atoms with Crippen LogP contribution in [0.1, 0.15) is 52.2 Å². The third-order valence-electron chi connectivity index (χ3n) is 3.32. The quantitative estimate of drug-likeness (QED) is 0.814. The first-order valence-corrected chi connectivity index (χ1v) is 7.84. The first kappa shape index (κ1) is 18.7. The van der Waals surface area contributed by atoms with Gasteiger partial charge in [-0.05, 0) is 37.8 Å². The van der Waals surface area contributed by atoms with Gasteiger partial charge in [0.05, 0.1) is 24.7 Å². The molecule has 0 heterocycles. The Kier molecular flexibility index (Phi) is 7.04. The van der Waals surface area contributed by atoms with Crippen LogP contribution in [0.15, 0.2) is 24.3 Å². The first-order chi connectivity index (χ1) is 10.2. The maximum absolute atomic E-state index is 11.8. The summed E-state index contributed by atoms with van der Waals surface area (Å²) in [6.07, 6.45) is -0.448. The van der Waals surface area contributed by atoms with E-state index in [1.54, 1.807) is 0 Å². The standard InChI is InChI=1S/C18H29NO3/c1-13(2)16(20)10-17(21)19-11-14-7-6-8-15(9-14)12-22-18(3,4)5/h6-9,13,16,20H,10-12H2,1-5H3,(H,19,21). The molecule has 0 aliphatic carbocycles. The van der Waals surface area contributed by atoms with Crippen LogP contribution in [0.5, 0.6) is 0 Å². The molecule has 0 aromatic heterocycles. The summed E-state index contributed by atoms with van der Waals surface area (Å²) >= 11 is 0. The van der Waals surface area contributed by atoms with Gasteiger partial charge in [-0.2, -0.15) is 0 Å². The van der Waals surface area contributed by atoms with E-state index >= 15 is 0 Å². The van der Waals surface area contributed by atoms with E-state index in [2.05, 4.69) is 5.32 Å². The molecule has 4 heteroatoms. The number of aliphatic hydroxyl groups excluding tert-OH is 1. The average Bonchev–Trinajstić information content (AvgIpc) is 2.42. The maximum Gasteiger partial charge on any atom is 0.222 e. The van der Waals surface area contributed by atoms with E-state index in [0.29, 0.717) is 13.2 Å². The zero-order valence-corrected chi connectivity index (χ0v) is 14.3. The predicted molar refractivity (Wildman–Crippen MR) is 88.3 cm³/mol. The lowest BCUT2D eigenvalue weighted by Crippen LogP contribution is -2.29. The van der Waals surface area contributed by atoms with Gasteiger partial charge in [0.2, 0.25) is 5.91 Å². The fraction of sp³-hybridized carbons (Fsp3) is 0.611. The molecule has 1 atom stereocenters. The Morgan fingerprint density at radius 2 is 1.91 bits per heavy atom. The molecular formula is C18H29NO3. The molecule has 0 saturated heterocycles. The van der Waals surface area contributed by atoms with Crippen molar-refractivity contribution < 1.29 is 14.6 Å². The molecule has 2 N–H and O–H groups in total. The minimum atomic E-state index is -0.591. The molecular weight excluding hydrogens is 278 g/mol. The molecule has 1 aromatic carbocycles. The molecule has 0 fully saturated rings. The van der Waals surface area contributed by atoms with E-state index in [-0.39, 0.29) is 23.8 Å². The van der Waals surface area contributed by atoms with Crippen molar-refractivity contribution in [3.8, 4) is 0 Å². The van der Waals surface area contributed by atoms with Crippen LogP contribution in [0, 0.1) is 5.92 Å². The van der Waals surface area contributed by atoms with E-state index in [0.717, 1.165) is 11.1 Å². The molecule has 22 heavy (non-hydrogen) atoms. The molecule has 124 valence electrons. The zero-order chi connectivity index (χ0) is 16.8. The highest BCUT2D eigenvalue weighted by molar-refractivity contribution is 5.76. The van der Waals surface area contributed by atoms with Crippen molar-refractivity contribution in [1.82, 2.24) is 5.32 Å². The van der Waals surface area contributed by atoms with Gasteiger partial charge in [-0.15, -0.1) is 0 Å². The lowest BCUT2D eigenvalue weighted by atomic mass is 10.0. The minimum Gasteiger partial charge on any atom is -0.392 e. The van der Waals surface area contributed by atoms with Gasteiger partial charge in [0.1, 0.15) is 0 Å². The Hall–Kier alpha value is -1.39. The zero-order valence-electron chi connectivity index (χ0n) is 14.3. The van der Waals surface area contributed by atoms with Gasteiger partial charge in [-0.3, -0.25) is 4.79 Å². The minimum absolute atomic E-state index is 0.0867. The third kappa shape index (κ3) is 7.57. The number of rotatable bonds is 7. The highest BCUT2D eigenvalue weighted by atomic mass is 16.5. The highest BCUT2D eigenvalue weighted by Crippen LogP contribution is 2.13. The largest absolute Gasteiger partial charge is 0.392 e. The van der Waals surface area contributed by atoms with E-state index < -0.39 is 6.10 Å². The normalized spacial score (nSPS) is 13.2. The third-order valence-corrected chi connectivity index (χ3v) is 3.32. The van der Waals surface area contributed by atoms with Crippen molar-refractivity contribution in [3.05, 3.63) is 35.4 Å². The van der Waals surface area contributed by atoms with E-state index in [1.807, 2.05) is 58.9 Å². The van der Waals surface area contributed by atoms with Crippen molar-refractivity contribution in [3.63, 3.8) is 0 Å². The maximum atomic E-state index is 11.8. The second-order valence-electron chi connectivity index (χ2n) is 7.01. The van der Waals surface area contributed by atoms with Crippen molar-refractivity contribution >= 4 is 5.91 Å². The molecule has 1 unspecified atom stereocenters. The molecule has 1 amide bonds. The lowest BCUT2D eigenvalue weighted by molar-refractivity contribution is -0.123. The van der Waals surface area contributed by atoms with E-state index in [9.17, 15) is 9.90 Å². The van der Waals surface area contributed by atoms with Crippen molar-refractivity contribution in [2.24, 2.45) is 5.92 Å². The number of aliphatic hydroxyl groups is 1. The van der Waals surface area contributed by atoms with Gasteiger partial charge in [0, 0.05) is 6.54 Å². The molecule has 0 radical (unpaired) electrons. The van der Waals surface area contributed by atoms with Crippen LogP contribution >= 0.6 is 0 Å². The number of hydrogen-bond acceptors (Lipinski definition) is 3. The Morgan fingerprint density at radius 3 is 2.50 bits per heavy atom. The van der Waals surface area contributed by atoms with Crippen LogP contribution in [0.4, 0.5) is 0 Å². The van der Waals surface area contributed by atoms with Crippen LogP contribution in [0.3, 0.4) is 0 Å². The Balaban J connectivity index is 2.48. The summed E-state index contributed by atoms with van der Waals surface area (Å²) in [5, 5.41) is 12.6. The second-order valence-corrected chi connectivity index (χ2v) is 7.01. The smallest absolute Gasteiger partial charge is 0.222 e. The molecule has 0 spiro atoms. The van der Waals surface area contributed by atoms with Crippen LogP contribution < -0.4 is 5.32 Å². The van der Waals surface area contributed by atoms with Gasteiger partial charge in [0.15, 0.2) is 0 Å². The Morgan fingerprint density at radius 1 is 1.27 bits per heavy atom. The Bertz CT molecular complexity index is 477. The number of ether oxygens (including phenoxy) is 1. The van der Waals surface area contributed by atoms with Gasteiger partial charge in [0.25, 0.3) is 0 Å². The SMILES string of the molecule is CC(C)C(O)CC(=O)NCc1cccc(COC(C)(C)C)c1. The van der Waals surface area contributed by atoms with Crippen LogP contribution in [-0.4, -0.2) is 22.7 Å². The first-order valence-electron chi connectivity index (χ1n) is 7.84. The second kappa shape index (κ2) is 8.30. The summed E-state index contributed by atoms with van der Waals surface area (Å²) in [7, 11) is 0. The summed E-state index contributed by atoms with van der Waals surface area (Å²) in [6, 6.07) is 7.98. The fourth-order valence-corrected chi connectivity index (χ4v) is 1.83. The number of carbonyl (C=O) groups excluding carboxylic acids is 1. The number of amides is 1. The van der Waals surface area contributed by atoms with Crippen molar-refractivity contribution in [1.29, 1.82) is 0 Å². The van der Waals surface area contributed by atoms with Crippen molar-refractivity contribution in [2.75, 3.05) is 0 Å². The molecule has 0 saturated carbocycles. The number of hydrogen-bond donors (Lipinski definition) is 2. The van der Waals surface area contributed by atoms with E-state index in [4.69, 9.17) is 4.74 Å². The molecule has 1 aromatic rings. The van der Waals surface area contributed by atoms with Gasteiger partial charge in [-0.25, -0.2) is 0 Å². The van der Waals surface area contributed by atoms with Gasteiger partial charge < -0.3 is 15.2 Å². The highest BCUT2D eigenvalue weighted by Gasteiger charge is 2.14. The molecule has 0 aliphatic rings. The number of benzene rings is 1. The van der Waals surface area contributed by atoms with Gasteiger partial charge in [-0.1, -0.05) is 38.1 Å². The predicted octanol–water partition coefficient (Wildman–Crippen LogP) is 3.02. The van der Waals surface area contributed by atoms with Crippen LogP contribution in [0.25, 0.3) is 0 Å². The fourth-order valence-electron chi connectivity index (χ4n) is 1.83. The van der Waals surface area contributed by atoms with Crippen LogP contribution in [0.2, 0.25) is 0 Å². The van der Waals surface area contributed by atoms with E-state index in [1.165, 1.54) is 0 Å². The summed E-state index contributed by atoms with van der Waals surface area (Å²) in [4.78, 5) is 11.8. The molecule has 0 bridgehead atoms. The van der Waals surface area contributed by atoms with Gasteiger partial charge >= 0.3 is 0 Å². The molecule has 0 aliphatic heterocycles. The average molecular weight is 307 g/mol. The summed E-state index contributed by atoms with van der Waals surface area (Å²) < 4.78 is 5.75. The van der Waals surface area contributed by atoms with Crippen LogP contribution in [-0.2, 0) is 22.7 Å². The summed E-state index contributed by atoms with van der Waals surface area (Å²) in [5.74, 6) is -0.0406. The summed E-state index contributed by atoms with van der Waals surface area (Å²) in [6.45, 7) is 10.9. The lowest BCUT2D eigenvalue weighted by Gasteiger charge is -2.19. The number of carbonyl (C=O) groups is 1. The van der Waals surface area contributed by atoms with Crippen molar-refractivity contribution in [2.45, 2.75) is 65.9 Å². The molecule has 4 nitrogen and oxygen atoms in total. The number of nitrogens with one attached hydrogen (secondary N) is 1.